The van der Waals surface area contributed by atoms with E-state index in [1.807, 2.05) is 6.08 Å². The molecule has 8 unspecified atom stereocenters. The Morgan fingerprint density at radius 3 is 1.25 bits per heavy atom. The fourth-order valence-electron chi connectivity index (χ4n) is 10.7. The normalized spacial score (nSPS) is 18.8. The number of amides is 1. The third-order valence-electron chi connectivity index (χ3n) is 16.4. The molecular weight excluding hydrogens is 1100 g/mol. The van der Waals surface area contributed by atoms with Crippen molar-refractivity contribution < 1.29 is 49.3 Å². The van der Waals surface area contributed by atoms with Crippen molar-refractivity contribution in [1.29, 1.82) is 0 Å². The molecule has 1 aliphatic heterocycles. The summed E-state index contributed by atoms with van der Waals surface area (Å²) in [6, 6.07) is -1.04. The highest BCUT2D eigenvalue weighted by molar-refractivity contribution is 5.80. The second-order valence-corrected chi connectivity index (χ2v) is 24.6. The summed E-state index contributed by atoms with van der Waals surface area (Å²) in [6.45, 7) is 5.66. The molecule has 1 rings (SSSR count). The number of rotatable bonds is 61. The average Bonchev–Trinajstić information content (AvgIpc) is 2.54. The summed E-state index contributed by atoms with van der Waals surface area (Å²) >= 11 is 0. The number of nitrogens with one attached hydrogen (secondary N) is 1. The Labute approximate surface area is 538 Å². The van der Waals surface area contributed by atoms with Crippen LogP contribution in [0.2, 0.25) is 0 Å². The van der Waals surface area contributed by atoms with Crippen molar-refractivity contribution in [3.8, 4) is 0 Å². The average molecular weight is 1230 g/mol. The third kappa shape index (κ3) is 50.0. The minimum Gasteiger partial charge on any atom is -0.454 e. The van der Waals surface area contributed by atoms with Gasteiger partial charge in [0, 0.05) is 6.42 Å². The number of esters is 1. The van der Waals surface area contributed by atoms with Gasteiger partial charge in [-0.25, -0.2) is 0 Å². The van der Waals surface area contributed by atoms with Gasteiger partial charge >= 0.3 is 5.97 Å². The van der Waals surface area contributed by atoms with Gasteiger partial charge in [-0.2, -0.15) is 0 Å². The monoisotopic (exact) mass is 1230 g/mol. The Hall–Kier alpha value is -3.68. The van der Waals surface area contributed by atoms with Crippen molar-refractivity contribution in [3.63, 3.8) is 0 Å². The van der Waals surface area contributed by atoms with E-state index in [1.165, 1.54) is 148 Å². The molecule has 506 valence electrons. The lowest BCUT2D eigenvalue weighted by Gasteiger charge is -2.41. The molecule has 0 spiro atoms. The summed E-state index contributed by atoms with van der Waals surface area (Å²) < 4.78 is 17.7. The maximum atomic E-state index is 13.5. The van der Waals surface area contributed by atoms with E-state index in [0.29, 0.717) is 12.8 Å². The largest absolute Gasteiger partial charge is 0.454 e. The van der Waals surface area contributed by atoms with Crippen LogP contribution in [0.4, 0.5) is 0 Å². The number of hydrogen-bond donors (Lipinski definition) is 6. The van der Waals surface area contributed by atoms with E-state index < -0.39 is 67.4 Å². The highest BCUT2D eigenvalue weighted by Gasteiger charge is 2.47. The molecule has 1 heterocycles. The summed E-state index contributed by atoms with van der Waals surface area (Å²) in [5.74, 6) is -1.22. The molecule has 0 bridgehead atoms. The van der Waals surface area contributed by atoms with E-state index in [1.54, 1.807) is 6.08 Å². The first-order valence-electron chi connectivity index (χ1n) is 36.2. The predicted octanol–water partition coefficient (Wildman–Crippen LogP) is 18.8. The van der Waals surface area contributed by atoms with Crippen LogP contribution in [0.3, 0.4) is 0 Å². The number of unbranched alkanes of at least 4 members (excludes halogenated alkanes) is 31. The molecule has 1 amide bonds. The van der Waals surface area contributed by atoms with Crippen molar-refractivity contribution in [3.05, 3.63) is 109 Å². The minimum absolute atomic E-state index is 0.0892. The van der Waals surface area contributed by atoms with Crippen LogP contribution in [-0.2, 0) is 23.8 Å². The van der Waals surface area contributed by atoms with E-state index >= 15 is 0 Å². The zero-order valence-corrected chi connectivity index (χ0v) is 56.3. The van der Waals surface area contributed by atoms with Crippen molar-refractivity contribution in [2.75, 3.05) is 13.2 Å². The molecule has 0 aliphatic carbocycles. The molecule has 11 heteroatoms. The highest BCUT2D eigenvalue weighted by atomic mass is 16.7. The van der Waals surface area contributed by atoms with Gasteiger partial charge in [0.05, 0.1) is 25.4 Å². The number of carbonyl (C=O) groups is 2. The van der Waals surface area contributed by atoms with Gasteiger partial charge in [-0.05, 0) is 109 Å². The smallest absolute Gasteiger partial charge is 0.306 e. The molecule has 8 atom stereocenters. The Balaban J connectivity index is 2.59. The number of carbonyl (C=O) groups excluding carboxylic acids is 2. The van der Waals surface area contributed by atoms with Gasteiger partial charge in [0.2, 0.25) is 5.91 Å². The molecule has 6 N–H and O–H groups in total. The van der Waals surface area contributed by atoms with Gasteiger partial charge in [0.25, 0.3) is 0 Å². The zero-order chi connectivity index (χ0) is 63.9. The zero-order valence-electron chi connectivity index (χ0n) is 56.3. The second-order valence-electron chi connectivity index (χ2n) is 24.6. The van der Waals surface area contributed by atoms with Crippen LogP contribution < -0.4 is 5.32 Å². The molecule has 11 nitrogen and oxygen atoms in total. The van der Waals surface area contributed by atoms with E-state index in [4.69, 9.17) is 14.2 Å². The topological polar surface area (TPSA) is 175 Å². The Morgan fingerprint density at radius 1 is 0.455 bits per heavy atom. The van der Waals surface area contributed by atoms with Crippen molar-refractivity contribution in [1.82, 2.24) is 5.32 Å². The Morgan fingerprint density at radius 2 is 0.818 bits per heavy atom. The first kappa shape index (κ1) is 82.3. The lowest BCUT2D eigenvalue weighted by Crippen LogP contribution is -2.61. The van der Waals surface area contributed by atoms with Crippen LogP contribution in [-0.4, -0.2) is 99.6 Å². The Kier molecular flexibility index (Phi) is 59.4. The first-order valence-corrected chi connectivity index (χ1v) is 36.2. The molecule has 0 aromatic rings. The maximum absolute atomic E-state index is 13.5. The molecule has 88 heavy (non-hydrogen) atoms. The SMILES string of the molecule is CC/C=C\C/C=C\C/C=C\C/C=C\C/C=C\C/C=C\CCCCCCC(=O)OC1C(OCC(NC(=O)C(O)CCCCCCCCCCCCCCCC/C=C\C/C=C\CCCCC)C(O)/C=C/CCCCCCCCCCCC)OC(CO)C(O)C1O. The molecule has 0 aromatic carbocycles. The van der Waals surface area contributed by atoms with Crippen LogP contribution in [0.15, 0.2) is 109 Å². The quantitative estimate of drug-likeness (QED) is 0.0195. The van der Waals surface area contributed by atoms with Gasteiger partial charge in [-0.15, -0.1) is 0 Å². The summed E-state index contributed by atoms with van der Waals surface area (Å²) in [7, 11) is 0. The van der Waals surface area contributed by atoms with E-state index in [0.717, 1.165) is 109 Å². The van der Waals surface area contributed by atoms with Crippen LogP contribution in [0.1, 0.15) is 303 Å². The predicted molar refractivity (Wildman–Crippen MR) is 370 cm³/mol. The molecule has 1 saturated heterocycles. The lowest BCUT2D eigenvalue weighted by atomic mass is 9.99. The molecular formula is C77H133NO10. The van der Waals surface area contributed by atoms with Gasteiger partial charge in [0.15, 0.2) is 12.4 Å². The highest BCUT2D eigenvalue weighted by Crippen LogP contribution is 2.26. The summed E-state index contributed by atoms with van der Waals surface area (Å²) in [6.07, 6.45) is 77.0. The van der Waals surface area contributed by atoms with Crippen molar-refractivity contribution >= 4 is 11.9 Å². The van der Waals surface area contributed by atoms with E-state index in [9.17, 15) is 35.1 Å². The number of aliphatic hydroxyl groups is 5. The molecule has 1 aliphatic rings. The van der Waals surface area contributed by atoms with E-state index in [2.05, 4.69) is 123 Å². The van der Waals surface area contributed by atoms with Crippen molar-refractivity contribution in [2.45, 2.75) is 352 Å². The van der Waals surface area contributed by atoms with Crippen LogP contribution >= 0.6 is 0 Å². The standard InChI is InChI=1S/C77H133NO10/c1-4-7-10-13-16-19-22-25-27-29-31-33-35-37-38-40-42-44-46-49-52-55-58-61-64-70(81)76(85)78-68(69(80)63-60-57-54-51-48-24-21-18-15-12-9-6-3)67-86-77-75(74(84)73(83)71(66-79)87-77)88-72(82)65-62-59-56-53-50-47-45-43-41-39-36-34-32-30-28-26-23-20-17-14-11-8-5-2/h8,11,16-17,19-20,25-28,32,34,39,41,45,47,60,63,68-71,73-75,77,79-81,83-84H,4-7,9-10,12-15,18,21-24,29-31,33,35-38,40,42-44,46,48-59,61-62,64-67H2,1-3H3,(H,78,85)/b11-8-,19-16-,20-17-,27-25-,28-26-,34-32-,41-39-,47-45-,63-60+. The Bertz CT molecular complexity index is 1850. The first-order chi connectivity index (χ1) is 43.2. The molecule has 0 saturated carbocycles. The van der Waals surface area contributed by atoms with E-state index in [-0.39, 0.29) is 19.4 Å². The third-order valence-corrected chi connectivity index (χ3v) is 16.4. The fourth-order valence-corrected chi connectivity index (χ4v) is 10.7. The van der Waals surface area contributed by atoms with Crippen LogP contribution in [0, 0.1) is 0 Å². The second kappa shape index (κ2) is 63.5. The fraction of sp³-hybridized carbons (Fsp3) is 0.740. The van der Waals surface area contributed by atoms with Gasteiger partial charge in [-0.3, -0.25) is 9.59 Å². The minimum atomic E-state index is -1.63. The van der Waals surface area contributed by atoms with Gasteiger partial charge in [0.1, 0.15) is 24.4 Å². The van der Waals surface area contributed by atoms with Gasteiger partial charge < -0.3 is 45.1 Å². The number of ether oxygens (including phenoxy) is 3. The molecule has 0 aromatic heterocycles. The number of hydrogen-bond acceptors (Lipinski definition) is 10. The number of allylic oxidation sites excluding steroid dienone is 17. The van der Waals surface area contributed by atoms with Crippen LogP contribution in [0.25, 0.3) is 0 Å². The van der Waals surface area contributed by atoms with Crippen LogP contribution in [0.5, 0.6) is 0 Å². The van der Waals surface area contributed by atoms with Gasteiger partial charge in [-0.1, -0.05) is 297 Å². The van der Waals surface area contributed by atoms with Crippen molar-refractivity contribution in [2.24, 2.45) is 0 Å². The maximum Gasteiger partial charge on any atom is 0.306 e. The number of aliphatic hydroxyl groups excluding tert-OH is 5. The summed E-state index contributed by atoms with van der Waals surface area (Å²) in [5, 5.41) is 57.3. The summed E-state index contributed by atoms with van der Waals surface area (Å²) in [5.41, 5.74) is 0. The summed E-state index contributed by atoms with van der Waals surface area (Å²) in [4.78, 5) is 26.7. The molecule has 0 radical (unpaired) electrons. The molecule has 1 fully saturated rings. The lowest BCUT2D eigenvalue weighted by molar-refractivity contribution is -0.305.